The highest BCUT2D eigenvalue weighted by Crippen LogP contribution is 2.38. The molecule has 0 unspecified atom stereocenters. The summed E-state index contributed by atoms with van der Waals surface area (Å²) >= 11 is 6.29. The molecular formula is C14H20ClN. The number of aryl methyl sites for hydroxylation is 2. The van der Waals surface area contributed by atoms with Crippen LogP contribution in [0.3, 0.4) is 0 Å². The predicted molar refractivity (Wildman–Crippen MR) is 70.1 cm³/mol. The Labute approximate surface area is 103 Å². The number of hydrogen-bond donors (Lipinski definition) is 1. The second kappa shape index (κ2) is 4.05. The summed E-state index contributed by atoms with van der Waals surface area (Å²) in [6, 6.07) is 2.18. The fourth-order valence-corrected chi connectivity index (χ4v) is 2.54. The lowest BCUT2D eigenvalue weighted by Gasteiger charge is -2.15. The molecule has 0 atom stereocenters. The van der Waals surface area contributed by atoms with Crippen LogP contribution < -0.4 is 5.73 Å². The smallest absolute Gasteiger partial charge is 0.0467 e. The fourth-order valence-electron chi connectivity index (χ4n) is 2.37. The second-order valence-corrected chi connectivity index (χ2v) is 5.67. The third-order valence-corrected chi connectivity index (χ3v) is 4.38. The SMILES string of the molecule is Cc1cc(C)c(CCC2(N)CC2)c(C)c1Cl. The topological polar surface area (TPSA) is 26.0 Å². The molecule has 0 spiro atoms. The van der Waals surface area contributed by atoms with Gasteiger partial charge in [-0.3, -0.25) is 0 Å². The van der Waals surface area contributed by atoms with E-state index in [0.29, 0.717) is 0 Å². The first kappa shape index (κ1) is 11.9. The Hall–Kier alpha value is -0.530. The highest BCUT2D eigenvalue weighted by atomic mass is 35.5. The van der Waals surface area contributed by atoms with E-state index in [2.05, 4.69) is 26.8 Å². The Morgan fingerprint density at radius 3 is 2.44 bits per heavy atom. The van der Waals surface area contributed by atoms with Gasteiger partial charge >= 0.3 is 0 Å². The quantitative estimate of drug-likeness (QED) is 0.853. The van der Waals surface area contributed by atoms with Crippen LogP contribution in [0.4, 0.5) is 0 Å². The molecule has 1 aromatic carbocycles. The highest BCUT2D eigenvalue weighted by Gasteiger charge is 2.37. The summed E-state index contributed by atoms with van der Waals surface area (Å²) in [5.41, 5.74) is 11.4. The molecule has 0 aromatic heterocycles. The Balaban J connectivity index is 2.22. The van der Waals surface area contributed by atoms with E-state index >= 15 is 0 Å². The maximum absolute atomic E-state index is 6.29. The summed E-state index contributed by atoms with van der Waals surface area (Å²) in [7, 11) is 0. The minimum Gasteiger partial charge on any atom is -0.325 e. The van der Waals surface area contributed by atoms with Gasteiger partial charge in [-0.05, 0) is 68.7 Å². The van der Waals surface area contributed by atoms with E-state index in [4.69, 9.17) is 17.3 Å². The molecule has 0 radical (unpaired) electrons. The molecule has 2 N–H and O–H groups in total. The van der Waals surface area contributed by atoms with Gasteiger partial charge in [-0.25, -0.2) is 0 Å². The molecular weight excluding hydrogens is 218 g/mol. The van der Waals surface area contributed by atoms with Gasteiger partial charge in [-0.1, -0.05) is 17.7 Å². The van der Waals surface area contributed by atoms with Crippen molar-refractivity contribution in [2.75, 3.05) is 0 Å². The van der Waals surface area contributed by atoms with Gasteiger partial charge in [0.05, 0.1) is 0 Å². The third kappa shape index (κ3) is 2.26. The molecule has 2 heteroatoms. The molecule has 0 amide bonds. The molecule has 1 aliphatic carbocycles. The molecule has 1 fully saturated rings. The van der Waals surface area contributed by atoms with Crippen LogP contribution in [0.2, 0.25) is 5.02 Å². The Morgan fingerprint density at radius 2 is 1.88 bits per heavy atom. The summed E-state index contributed by atoms with van der Waals surface area (Å²) in [5.74, 6) is 0. The van der Waals surface area contributed by atoms with Crippen LogP contribution in [-0.2, 0) is 6.42 Å². The van der Waals surface area contributed by atoms with Crippen molar-refractivity contribution in [3.8, 4) is 0 Å². The second-order valence-electron chi connectivity index (χ2n) is 5.29. The van der Waals surface area contributed by atoms with Crippen molar-refractivity contribution in [2.45, 2.75) is 52.0 Å². The van der Waals surface area contributed by atoms with Crippen LogP contribution >= 0.6 is 11.6 Å². The summed E-state index contributed by atoms with van der Waals surface area (Å²) in [4.78, 5) is 0. The first-order valence-electron chi connectivity index (χ1n) is 5.97. The lowest BCUT2D eigenvalue weighted by molar-refractivity contribution is 0.607. The highest BCUT2D eigenvalue weighted by molar-refractivity contribution is 6.32. The minimum atomic E-state index is 0.135. The van der Waals surface area contributed by atoms with Crippen molar-refractivity contribution < 1.29 is 0 Å². The Bertz CT molecular complexity index is 419. The number of nitrogens with two attached hydrogens (primary N) is 1. The number of hydrogen-bond acceptors (Lipinski definition) is 1. The van der Waals surface area contributed by atoms with E-state index in [-0.39, 0.29) is 5.54 Å². The van der Waals surface area contributed by atoms with Gasteiger partial charge < -0.3 is 5.73 Å². The van der Waals surface area contributed by atoms with Crippen molar-refractivity contribution in [1.82, 2.24) is 0 Å². The fraction of sp³-hybridized carbons (Fsp3) is 0.571. The minimum absolute atomic E-state index is 0.135. The molecule has 0 heterocycles. The van der Waals surface area contributed by atoms with Gasteiger partial charge in [-0.2, -0.15) is 0 Å². The predicted octanol–water partition coefficient (Wildman–Crippen LogP) is 3.69. The van der Waals surface area contributed by atoms with E-state index in [1.807, 2.05) is 0 Å². The summed E-state index contributed by atoms with van der Waals surface area (Å²) < 4.78 is 0. The molecule has 1 nitrogen and oxygen atoms in total. The standard InChI is InChI=1S/C14H20ClN/c1-9-8-10(2)13(15)11(3)12(9)4-5-14(16)6-7-14/h8H,4-7,16H2,1-3H3. The van der Waals surface area contributed by atoms with Crippen molar-refractivity contribution in [3.63, 3.8) is 0 Å². The van der Waals surface area contributed by atoms with Gasteiger partial charge in [0.15, 0.2) is 0 Å². The Kier molecular flexibility index (Phi) is 3.02. The van der Waals surface area contributed by atoms with Gasteiger partial charge in [0.25, 0.3) is 0 Å². The first-order chi connectivity index (χ1) is 7.43. The maximum Gasteiger partial charge on any atom is 0.0467 e. The molecule has 1 aliphatic rings. The zero-order valence-electron chi connectivity index (χ0n) is 10.4. The van der Waals surface area contributed by atoms with Crippen LogP contribution in [0.5, 0.6) is 0 Å². The molecule has 0 aliphatic heterocycles. The van der Waals surface area contributed by atoms with E-state index in [9.17, 15) is 0 Å². The van der Waals surface area contributed by atoms with E-state index in [0.717, 1.165) is 17.9 Å². The number of halogens is 1. The first-order valence-corrected chi connectivity index (χ1v) is 6.35. The monoisotopic (exact) mass is 237 g/mol. The van der Waals surface area contributed by atoms with E-state index in [1.165, 1.54) is 35.1 Å². The van der Waals surface area contributed by atoms with Gasteiger partial charge in [0, 0.05) is 10.6 Å². The average molecular weight is 238 g/mol. The largest absolute Gasteiger partial charge is 0.325 e. The average Bonchev–Trinajstić information content (AvgIpc) is 2.93. The number of rotatable bonds is 3. The normalized spacial score (nSPS) is 17.6. The van der Waals surface area contributed by atoms with Crippen molar-refractivity contribution in [1.29, 1.82) is 0 Å². The van der Waals surface area contributed by atoms with Gasteiger partial charge in [0.1, 0.15) is 0 Å². The molecule has 0 bridgehead atoms. The molecule has 88 valence electrons. The van der Waals surface area contributed by atoms with Gasteiger partial charge in [0.2, 0.25) is 0 Å². The van der Waals surface area contributed by atoms with E-state index < -0.39 is 0 Å². The summed E-state index contributed by atoms with van der Waals surface area (Å²) in [6.07, 6.45) is 4.53. The van der Waals surface area contributed by atoms with Crippen molar-refractivity contribution in [3.05, 3.63) is 33.3 Å². The van der Waals surface area contributed by atoms with E-state index in [1.54, 1.807) is 0 Å². The molecule has 0 saturated heterocycles. The van der Waals surface area contributed by atoms with Crippen LogP contribution in [-0.4, -0.2) is 5.54 Å². The molecule has 16 heavy (non-hydrogen) atoms. The lowest BCUT2D eigenvalue weighted by Crippen LogP contribution is -2.22. The molecule has 1 saturated carbocycles. The van der Waals surface area contributed by atoms with Crippen LogP contribution in [0.25, 0.3) is 0 Å². The maximum atomic E-state index is 6.29. The molecule has 2 rings (SSSR count). The summed E-state index contributed by atoms with van der Waals surface area (Å²) in [5, 5.41) is 0.919. The zero-order valence-corrected chi connectivity index (χ0v) is 11.1. The zero-order chi connectivity index (χ0) is 11.9. The summed E-state index contributed by atoms with van der Waals surface area (Å²) in [6.45, 7) is 6.35. The van der Waals surface area contributed by atoms with Gasteiger partial charge in [-0.15, -0.1) is 0 Å². The van der Waals surface area contributed by atoms with Crippen molar-refractivity contribution >= 4 is 11.6 Å². The van der Waals surface area contributed by atoms with Crippen LogP contribution in [0.1, 0.15) is 41.5 Å². The Morgan fingerprint density at radius 1 is 1.25 bits per heavy atom. The molecule has 1 aromatic rings. The van der Waals surface area contributed by atoms with Crippen molar-refractivity contribution in [2.24, 2.45) is 5.73 Å². The lowest BCUT2D eigenvalue weighted by atomic mass is 9.94. The number of benzene rings is 1. The van der Waals surface area contributed by atoms with Crippen LogP contribution in [0.15, 0.2) is 6.07 Å². The van der Waals surface area contributed by atoms with Crippen LogP contribution in [0, 0.1) is 20.8 Å². The third-order valence-electron chi connectivity index (χ3n) is 3.80.